The van der Waals surface area contributed by atoms with Crippen LogP contribution in [0, 0.1) is 0 Å². The number of carbonyl (C=O) groups excluding carboxylic acids is 1. The van der Waals surface area contributed by atoms with Gasteiger partial charge in [0.15, 0.2) is 0 Å². The Bertz CT molecular complexity index is 484. The topological polar surface area (TPSA) is 38.3 Å². The van der Waals surface area contributed by atoms with Crippen molar-refractivity contribution >= 4 is 39.2 Å². The molecule has 1 aromatic carbocycles. The van der Waals surface area contributed by atoms with Crippen molar-refractivity contribution in [2.24, 2.45) is 0 Å². The molecular weight excluding hydrogens is 331 g/mol. The Morgan fingerprint density at radius 1 is 1.56 bits per heavy atom. The summed E-state index contributed by atoms with van der Waals surface area (Å²) in [5, 5.41) is 3.47. The van der Waals surface area contributed by atoms with Crippen LogP contribution >= 0.6 is 27.5 Å². The highest BCUT2D eigenvalue weighted by atomic mass is 79.9. The first-order chi connectivity index (χ1) is 8.38. The Morgan fingerprint density at radius 3 is 2.83 bits per heavy atom. The van der Waals surface area contributed by atoms with Crippen LogP contribution < -0.4 is 5.32 Å². The van der Waals surface area contributed by atoms with Crippen molar-refractivity contribution in [2.75, 3.05) is 11.9 Å². The Hall–Kier alpha value is -0.880. The Kier molecular flexibility index (Phi) is 3.77. The van der Waals surface area contributed by atoms with Gasteiger partial charge < -0.3 is 10.1 Å². The monoisotopic (exact) mass is 339 g/mol. The molecule has 3 nitrogen and oxygen atoms in total. The smallest absolute Gasteiger partial charge is 0.377 e. The number of hydrogen-bond acceptors (Lipinski definition) is 3. The van der Waals surface area contributed by atoms with Gasteiger partial charge in [0.2, 0.25) is 0 Å². The van der Waals surface area contributed by atoms with E-state index in [9.17, 15) is 13.6 Å². The van der Waals surface area contributed by atoms with Crippen LogP contribution in [0.25, 0.3) is 0 Å². The van der Waals surface area contributed by atoms with Gasteiger partial charge in [-0.3, -0.25) is 0 Å². The van der Waals surface area contributed by atoms with Crippen molar-refractivity contribution in [3.63, 3.8) is 0 Å². The lowest BCUT2D eigenvalue weighted by molar-refractivity contribution is -0.158. The van der Waals surface area contributed by atoms with Crippen molar-refractivity contribution in [2.45, 2.75) is 18.4 Å². The van der Waals surface area contributed by atoms with E-state index in [1.165, 1.54) is 0 Å². The van der Waals surface area contributed by atoms with E-state index in [0.717, 1.165) is 0 Å². The number of ether oxygens (including phenoxy) is 1. The summed E-state index contributed by atoms with van der Waals surface area (Å²) in [4.78, 5) is 10.8. The van der Waals surface area contributed by atoms with Crippen molar-refractivity contribution in [1.82, 2.24) is 0 Å². The first-order valence-corrected chi connectivity index (χ1v) is 6.33. The second-order valence-electron chi connectivity index (χ2n) is 3.95. The summed E-state index contributed by atoms with van der Waals surface area (Å²) in [5.41, 5.74) is 0.706. The SMILES string of the molecule is O=C1OC(CNc2ccc(Cl)c(Br)c2)CC1(F)F. The average Bonchev–Trinajstić information content (AvgIpc) is 2.55. The first kappa shape index (κ1) is 13.5. The molecule has 1 saturated heterocycles. The van der Waals surface area contributed by atoms with Gasteiger partial charge in [-0.25, -0.2) is 4.79 Å². The fourth-order valence-electron chi connectivity index (χ4n) is 1.60. The third-order valence-electron chi connectivity index (χ3n) is 2.51. The third-order valence-corrected chi connectivity index (χ3v) is 3.72. The van der Waals surface area contributed by atoms with Gasteiger partial charge in [-0.15, -0.1) is 0 Å². The van der Waals surface area contributed by atoms with Crippen LogP contribution in [-0.2, 0) is 9.53 Å². The quantitative estimate of drug-likeness (QED) is 0.856. The van der Waals surface area contributed by atoms with E-state index in [-0.39, 0.29) is 6.54 Å². The van der Waals surface area contributed by atoms with E-state index in [2.05, 4.69) is 26.0 Å². The predicted molar refractivity (Wildman–Crippen MR) is 67.1 cm³/mol. The van der Waals surface area contributed by atoms with Gasteiger partial charge >= 0.3 is 11.9 Å². The number of halogens is 4. The van der Waals surface area contributed by atoms with Crippen molar-refractivity contribution in [1.29, 1.82) is 0 Å². The molecule has 0 bridgehead atoms. The van der Waals surface area contributed by atoms with Crippen LogP contribution in [-0.4, -0.2) is 24.5 Å². The van der Waals surface area contributed by atoms with Crippen LogP contribution in [0.1, 0.15) is 6.42 Å². The zero-order chi connectivity index (χ0) is 13.3. The Labute approximate surface area is 116 Å². The van der Waals surface area contributed by atoms with E-state index in [0.29, 0.717) is 15.2 Å². The highest BCUT2D eigenvalue weighted by Crippen LogP contribution is 2.31. The lowest BCUT2D eigenvalue weighted by Gasteiger charge is -2.11. The highest BCUT2D eigenvalue weighted by molar-refractivity contribution is 9.10. The number of hydrogen-bond donors (Lipinski definition) is 1. The average molecular weight is 341 g/mol. The summed E-state index contributed by atoms with van der Waals surface area (Å²) >= 11 is 9.07. The molecule has 1 aromatic rings. The normalized spacial score (nSPS) is 21.8. The number of benzene rings is 1. The number of rotatable bonds is 3. The van der Waals surface area contributed by atoms with Crippen molar-refractivity contribution in [3.8, 4) is 0 Å². The number of anilines is 1. The fourth-order valence-corrected chi connectivity index (χ4v) is 2.10. The molecule has 0 amide bonds. The van der Waals surface area contributed by atoms with Crippen LogP contribution in [0.2, 0.25) is 5.02 Å². The van der Waals surface area contributed by atoms with E-state index >= 15 is 0 Å². The molecular formula is C11H9BrClF2NO2. The molecule has 1 aliphatic heterocycles. The standard InChI is InChI=1S/C11H9BrClF2NO2/c12-8-3-6(1-2-9(8)13)16-5-7-4-11(14,15)10(17)18-7/h1-3,7,16H,4-5H2. The minimum absolute atomic E-state index is 0.134. The lowest BCUT2D eigenvalue weighted by atomic mass is 10.2. The van der Waals surface area contributed by atoms with Gasteiger partial charge in [0, 0.05) is 10.2 Å². The minimum atomic E-state index is -3.37. The number of alkyl halides is 2. The molecule has 1 aliphatic rings. The molecule has 18 heavy (non-hydrogen) atoms. The number of cyclic esters (lactones) is 1. The lowest BCUT2D eigenvalue weighted by Crippen LogP contribution is -2.22. The second kappa shape index (κ2) is 5.01. The fraction of sp³-hybridized carbons (Fsp3) is 0.364. The molecule has 0 aromatic heterocycles. The molecule has 98 valence electrons. The van der Waals surface area contributed by atoms with Gasteiger partial charge in [0.05, 0.1) is 18.0 Å². The van der Waals surface area contributed by atoms with Gasteiger partial charge in [-0.2, -0.15) is 8.78 Å². The molecule has 0 aliphatic carbocycles. The zero-order valence-electron chi connectivity index (χ0n) is 9.05. The third kappa shape index (κ3) is 2.92. The Balaban J connectivity index is 1.93. The summed E-state index contributed by atoms with van der Waals surface area (Å²) in [6, 6.07) is 5.10. The maximum atomic E-state index is 12.9. The second-order valence-corrected chi connectivity index (χ2v) is 5.21. The maximum absolute atomic E-state index is 12.9. The van der Waals surface area contributed by atoms with E-state index < -0.39 is 24.4 Å². The Morgan fingerprint density at radius 2 is 2.28 bits per heavy atom. The molecule has 2 rings (SSSR count). The van der Waals surface area contributed by atoms with Crippen molar-refractivity contribution < 1.29 is 18.3 Å². The molecule has 0 saturated carbocycles. The molecule has 0 spiro atoms. The molecule has 1 heterocycles. The maximum Gasteiger partial charge on any atom is 0.377 e. The highest BCUT2D eigenvalue weighted by Gasteiger charge is 2.50. The minimum Gasteiger partial charge on any atom is -0.456 e. The molecule has 1 fully saturated rings. The number of nitrogens with one attached hydrogen (secondary N) is 1. The molecule has 0 radical (unpaired) electrons. The van der Waals surface area contributed by atoms with E-state index in [4.69, 9.17) is 11.6 Å². The van der Waals surface area contributed by atoms with Gasteiger partial charge in [-0.1, -0.05) is 11.6 Å². The summed E-state index contributed by atoms with van der Waals surface area (Å²) in [6.45, 7) is 0.134. The predicted octanol–water partition coefficient (Wildman–Crippen LogP) is 3.47. The van der Waals surface area contributed by atoms with Gasteiger partial charge in [0.25, 0.3) is 0 Å². The molecule has 1 N–H and O–H groups in total. The zero-order valence-corrected chi connectivity index (χ0v) is 11.4. The van der Waals surface area contributed by atoms with E-state index in [1.54, 1.807) is 18.2 Å². The van der Waals surface area contributed by atoms with Crippen LogP contribution in [0.4, 0.5) is 14.5 Å². The molecule has 1 atom stereocenters. The molecule has 7 heteroatoms. The largest absolute Gasteiger partial charge is 0.456 e. The van der Waals surface area contributed by atoms with Gasteiger partial charge in [-0.05, 0) is 34.1 Å². The van der Waals surface area contributed by atoms with Gasteiger partial charge in [0.1, 0.15) is 6.10 Å². The first-order valence-electron chi connectivity index (χ1n) is 5.16. The summed E-state index contributed by atoms with van der Waals surface area (Å²) in [5.74, 6) is -4.82. The number of carbonyl (C=O) groups is 1. The van der Waals surface area contributed by atoms with E-state index in [1.807, 2.05) is 0 Å². The summed E-state index contributed by atoms with van der Waals surface area (Å²) in [6.07, 6.45) is -1.41. The van der Waals surface area contributed by atoms with Crippen LogP contribution in [0.5, 0.6) is 0 Å². The van der Waals surface area contributed by atoms with Crippen molar-refractivity contribution in [3.05, 3.63) is 27.7 Å². The van der Waals surface area contributed by atoms with Crippen LogP contribution in [0.3, 0.4) is 0 Å². The number of esters is 1. The molecule has 1 unspecified atom stereocenters. The van der Waals surface area contributed by atoms with Crippen LogP contribution in [0.15, 0.2) is 22.7 Å². The summed E-state index contributed by atoms with van der Waals surface area (Å²) < 4.78 is 31.1. The summed E-state index contributed by atoms with van der Waals surface area (Å²) in [7, 11) is 0.